The number of likely N-dealkylation sites (tertiary alicyclic amines) is 1. The van der Waals surface area contributed by atoms with Gasteiger partial charge in [0, 0.05) is 25.5 Å². The summed E-state index contributed by atoms with van der Waals surface area (Å²) in [6.45, 7) is 5.03. The van der Waals surface area contributed by atoms with Crippen molar-refractivity contribution in [2.24, 2.45) is 5.92 Å². The fourth-order valence-corrected chi connectivity index (χ4v) is 3.79. The number of hydrogen-bond acceptors (Lipinski definition) is 7. The van der Waals surface area contributed by atoms with E-state index < -0.39 is 24.1 Å². The van der Waals surface area contributed by atoms with Gasteiger partial charge >= 0.3 is 6.09 Å². The van der Waals surface area contributed by atoms with Crippen LogP contribution < -0.4 is 10.6 Å². The smallest absolute Gasteiger partial charge is 0.408 e. The molecule has 0 bridgehead atoms. The third-order valence-electron chi connectivity index (χ3n) is 5.42. The van der Waals surface area contributed by atoms with Crippen LogP contribution in [0.1, 0.15) is 37.0 Å². The van der Waals surface area contributed by atoms with Crippen molar-refractivity contribution in [3.8, 4) is 6.07 Å². The summed E-state index contributed by atoms with van der Waals surface area (Å²) < 4.78 is 5.23. The number of nitriles is 1. The number of aromatic nitrogens is 1. The summed E-state index contributed by atoms with van der Waals surface area (Å²) in [6.07, 6.45) is 2.91. The number of nitrogens with one attached hydrogen (secondary N) is 2. The molecule has 1 aliphatic rings. The summed E-state index contributed by atoms with van der Waals surface area (Å²) in [6, 6.07) is 11.3. The van der Waals surface area contributed by atoms with E-state index in [1.165, 1.54) is 0 Å². The highest BCUT2D eigenvalue weighted by Crippen LogP contribution is 2.14. The van der Waals surface area contributed by atoms with Gasteiger partial charge in [-0.15, -0.1) is 0 Å². The summed E-state index contributed by atoms with van der Waals surface area (Å²) in [5.74, 6) is -0.367. The molecule has 9 heteroatoms. The molecule has 178 valence electrons. The lowest BCUT2D eigenvalue weighted by Crippen LogP contribution is -2.52. The lowest BCUT2D eigenvalue weighted by atomic mass is 10.0. The Labute approximate surface area is 199 Å². The molecule has 9 nitrogen and oxygen atoms in total. The Morgan fingerprint density at radius 1 is 1.24 bits per heavy atom. The summed E-state index contributed by atoms with van der Waals surface area (Å²) in [7, 11) is 0. The number of nitrogens with zero attached hydrogens (tertiary/aromatic N) is 3. The Morgan fingerprint density at radius 3 is 2.71 bits per heavy atom. The van der Waals surface area contributed by atoms with Gasteiger partial charge in [-0.25, -0.2) is 4.79 Å². The molecule has 2 aromatic rings. The molecule has 0 saturated carbocycles. The van der Waals surface area contributed by atoms with Crippen LogP contribution in [0.15, 0.2) is 48.8 Å². The van der Waals surface area contributed by atoms with Crippen LogP contribution in [0.3, 0.4) is 0 Å². The minimum Gasteiger partial charge on any atom is -0.445 e. The average Bonchev–Trinajstić information content (AvgIpc) is 3.16. The summed E-state index contributed by atoms with van der Waals surface area (Å²) in [5, 5.41) is 14.5. The quantitative estimate of drug-likeness (QED) is 0.584. The highest BCUT2D eigenvalue weighted by atomic mass is 16.5. The van der Waals surface area contributed by atoms with E-state index in [0.29, 0.717) is 25.1 Å². The van der Waals surface area contributed by atoms with E-state index in [9.17, 15) is 14.4 Å². The number of rotatable bonds is 9. The van der Waals surface area contributed by atoms with Gasteiger partial charge in [-0.05, 0) is 47.7 Å². The average molecular weight is 464 g/mol. The SMILES string of the molecule is CC(C)C[C@H](NC(=O)OCc1ccncc1)C(=O)NC1CN(Cc2cccc(C#N)c2)CC1=O. The summed E-state index contributed by atoms with van der Waals surface area (Å²) in [5.41, 5.74) is 2.27. The number of ether oxygens (including phenoxy) is 1. The predicted octanol–water partition coefficient (Wildman–Crippen LogP) is 2.16. The zero-order valence-electron chi connectivity index (χ0n) is 19.4. The minimum absolute atomic E-state index is 0.0629. The van der Waals surface area contributed by atoms with Gasteiger partial charge in [0.05, 0.1) is 18.2 Å². The second-order valence-corrected chi connectivity index (χ2v) is 8.77. The molecule has 3 rings (SSSR count). The van der Waals surface area contributed by atoms with Crippen LogP contribution in [-0.4, -0.2) is 52.8 Å². The molecule has 0 radical (unpaired) electrons. The van der Waals surface area contributed by atoms with E-state index in [4.69, 9.17) is 10.00 Å². The van der Waals surface area contributed by atoms with Crippen LogP contribution in [0.5, 0.6) is 0 Å². The van der Waals surface area contributed by atoms with Crippen molar-refractivity contribution in [2.45, 2.75) is 45.5 Å². The Hall–Kier alpha value is -3.77. The molecule has 34 heavy (non-hydrogen) atoms. The Kier molecular flexibility index (Phi) is 8.71. The zero-order valence-corrected chi connectivity index (χ0v) is 19.4. The zero-order chi connectivity index (χ0) is 24.5. The first-order valence-electron chi connectivity index (χ1n) is 11.2. The van der Waals surface area contributed by atoms with E-state index in [0.717, 1.165) is 11.1 Å². The second-order valence-electron chi connectivity index (χ2n) is 8.77. The van der Waals surface area contributed by atoms with Gasteiger partial charge in [0.2, 0.25) is 5.91 Å². The molecule has 1 aromatic heterocycles. The maximum Gasteiger partial charge on any atom is 0.408 e. The molecule has 1 aliphatic heterocycles. The third kappa shape index (κ3) is 7.39. The number of carbonyl (C=O) groups excluding carboxylic acids is 3. The number of Topliss-reactive ketones (excluding diaryl/α,β-unsaturated/α-hetero) is 1. The number of benzene rings is 1. The molecule has 0 spiro atoms. The van der Waals surface area contributed by atoms with Crippen LogP contribution in [0.4, 0.5) is 4.79 Å². The highest BCUT2D eigenvalue weighted by Gasteiger charge is 2.34. The highest BCUT2D eigenvalue weighted by molar-refractivity contribution is 5.94. The van der Waals surface area contributed by atoms with Crippen molar-refractivity contribution in [1.29, 1.82) is 5.26 Å². The van der Waals surface area contributed by atoms with E-state index in [2.05, 4.69) is 21.7 Å². The minimum atomic E-state index is -0.820. The molecule has 2 N–H and O–H groups in total. The fourth-order valence-electron chi connectivity index (χ4n) is 3.79. The van der Waals surface area contributed by atoms with Gasteiger partial charge in [-0.2, -0.15) is 5.26 Å². The van der Waals surface area contributed by atoms with E-state index >= 15 is 0 Å². The standard InChI is InChI=1S/C25H29N5O4/c1-17(2)10-21(29-25(33)34-16-18-6-8-27-9-7-18)24(32)28-22-14-30(15-23(22)31)13-20-5-3-4-19(11-20)12-26/h3-9,11,17,21-22H,10,13-16H2,1-2H3,(H,28,32)(H,29,33)/t21-,22?/m0/s1. The molecule has 2 atom stereocenters. The Morgan fingerprint density at radius 2 is 2.00 bits per heavy atom. The van der Waals surface area contributed by atoms with Gasteiger partial charge in [-0.1, -0.05) is 26.0 Å². The first-order valence-corrected chi connectivity index (χ1v) is 11.2. The first-order chi connectivity index (χ1) is 16.3. The monoisotopic (exact) mass is 463 g/mol. The normalized spacial score (nSPS) is 16.6. The maximum atomic E-state index is 12.9. The maximum absolute atomic E-state index is 12.9. The molecule has 1 unspecified atom stereocenters. The van der Waals surface area contributed by atoms with Gasteiger partial charge < -0.3 is 15.4 Å². The molecule has 1 aromatic carbocycles. The van der Waals surface area contributed by atoms with Crippen molar-refractivity contribution in [2.75, 3.05) is 13.1 Å². The molecule has 2 heterocycles. The van der Waals surface area contributed by atoms with Crippen molar-refractivity contribution >= 4 is 17.8 Å². The lowest BCUT2D eigenvalue weighted by Gasteiger charge is -2.22. The molecule has 2 amide bonds. The number of carbonyl (C=O) groups is 3. The van der Waals surface area contributed by atoms with Crippen molar-refractivity contribution < 1.29 is 19.1 Å². The fraction of sp³-hybridized carbons (Fsp3) is 0.400. The van der Waals surface area contributed by atoms with E-state index in [-0.39, 0.29) is 24.9 Å². The van der Waals surface area contributed by atoms with E-state index in [1.54, 1.807) is 42.7 Å². The molecular weight excluding hydrogens is 434 g/mol. The lowest BCUT2D eigenvalue weighted by molar-refractivity contribution is -0.127. The van der Waals surface area contributed by atoms with Gasteiger partial charge in [0.1, 0.15) is 18.7 Å². The van der Waals surface area contributed by atoms with Crippen LogP contribution in [-0.2, 0) is 27.5 Å². The van der Waals surface area contributed by atoms with Crippen LogP contribution in [0.2, 0.25) is 0 Å². The number of amides is 2. The second kappa shape index (κ2) is 11.9. The van der Waals surface area contributed by atoms with Crippen molar-refractivity contribution in [3.63, 3.8) is 0 Å². The molecular formula is C25H29N5O4. The van der Waals surface area contributed by atoms with Crippen LogP contribution in [0.25, 0.3) is 0 Å². The van der Waals surface area contributed by atoms with Gasteiger partial charge in [0.15, 0.2) is 5.78 Å². The molecule has 1 fully saturated rings. The number of ketones is 1. The summed E-state index contributed by atoms with van der Waals surface area (Å²) in [4.78, 5) is 43.6. The number of alkyl carbamates (subject to hydrolysis) is 1. The largest absolute Gasteiger partial charge is 0.445 e. The van der Waals surface area contributed by atoms with Gasteiger partial charge in [0.25, 0.3) is 0 Å². The Bertz CT molecular complexity index is 1050. The van der Waals surface area contributed by atoms with Crippen LogP contribution in [0, 0.1) is 17.2 Å². The van der Waals surface area contributed by atoms with Gasteiger partial charge in [-0.3, -0.25) is 19.5 Å². The van der Waals surface area contributed by atoms with E-state index in [1.807, 2.05) is 24.8 Å². The molecule has 1 saturated heterocycles. The number of pyridine rings is 1. The summed E-state index contributed by atoms with van der Waals surface area (Å²) >= 11 is 0. The third-order valence-corrected chi connectivity index (χ3v) is 5.42. The predicted molar refractivity (Wildman–Crippen MR) is 124 cm³/mol. The van der Waals surface area contributed by atoms with Crippen LogP contribution >= 0.6 is 0 Å². The number of hydrogen-bond donors (Lipinski definition) is 2. The first kappa shape index (κ1) is 24.9. The Balaban J connectivity index is 1.55. The topological polar surface area (TPSA) is 124 Å². The van der Waals surface area contributed by atoms with Crippen molar-refractivity contribution in [3.05, 3.63) is 65.5 Å². The van der Waals surface area contributed by atoms with Crippen molar-refractivity contribution in [1.82, 2.24) is 20.5 Å². The molecule has 0 aliphatic carbocycles.